The van der Waals surface area contributed by atoms with Gasteiger partial charge in [0.2, 0.25) is 6.08 Å². The molecule has 1 aliphatic heterocycles. The minimum Gasteiger partial charge on any atom is -0.489 e. The van der Waals surface area contributed by atoms with E-state index in [0.717, 1.165) is 37.7 Å². The molecule has 5 heteroatoms. The molecule has 1 aromatic rings. The molecule has 0 bridgehead atoms. The van der Waals surface area contributed by atoms with E-state index in [1.54, 1.807) is 12.1 Å². The smallest absolute Gasteiger partial charge is 0.235 e. The lowest BCUT2D eigenvalue weighted by molar-refractivity contribution is 0.197. The van der Waals surface area contributed by atoms with Crippen molar-refractivity contribution in [2.24, 2.45) is 10.4 Å². The predicted octanol–water partition coefficient (Wildman–Crippen LogP) is 3.61. The summed E-state index contributed by atoms with van der Waals surface area (Å²) in [5.74, 6) is 1.41. The predicted molar refractivity (Wildman–Crippen MR) is 77.8 cm³/mol. The summed E-state index contributed by atoms with van der Waals surface area (Å²) in [5, 5.41) is 0.586. The van der Waals surface area contributed by atoms with Crippen molar-refractivity contribution in [1.82, 2.24) is 0 Å². The van der Waals surface area contributed by atoms with E-state index in [9.17, 15) is 4.79 Å². The van der Waals surface area contributed by atoms with Crippen LogP contribution in [0.1, 0.15) is 37.7 Å². The number of hydrogen-bond donors (Lipinski definition) is 0. The lowest BCUT2D eigenvalue weighted by Crippen LogP contribution is -2.32. The lowest BCUT2D eigenvalue weighted by atomic mass is 9.72. The number of ether oxygens (including phenoxy) is 2. The minimum atomic E-state index is -0.513. The van der Waals surface area contributed by atoms with E-state index in [-0.39, 0.29) is 5.41 Å². The van der Waals surface area contributed by atoms with Gasteiger partial charge in [-0.1, -0.05) is 11.6 Å². The molecule has 0 atom stereocenters. The van der Waals surface area contributed by atoms with Crippen LogP contribution in [0.3, 0.4) is 0 Å². The number of benzene rings is 1. The summed E-state index contributed by atoms with van der Waals surface area (Å²) < 4.78 is 11.8. The first-order valence-corrected chi connectivity index (χ1v) is 7.73. The molecule has 0 radical (unpaired) electrons. The second kappa shape index (κ2) is 4.49. The average molecular weight is 306 g/mol. The topological polar surface area (TPSA) is 47.9 Å². The van der Waals surface area contributed by atoms with Gasteiger partial charge in [-0.2, -0.15) is 4.99 Å². The van der Waals surface area contributed by atoms with Crippen molar-refractivity contribution in [2.45, 2.75) is 37.6 Å². The van der Waals surface area contributed by atoms with Crippen LogP contribution in [0.25, 0.3) is 0 Å². The first-order chi connectivity index (χ1) is 10.2. The summed E-state index contributed by atoms with van der Waals surface area (Å²) in [6.45, 7) is 1.37. The molecular formula is C16H16ClNO3. The lowest BCUT2D eigenvalue weighted by Gasteiger charge is -2.37. The zero-order valence-corrected chi connectivity index (χ0v) is 12.4. The Labute approximate surface area is 128 Å². The molecule has 2 saturated carbocycles. The molecule has 0 amide bonds. The number of halogens is 1. The first kappa shape index (κ1) is 13.2. The van der Waals surface area contributed by atoms with Crippen molar-refractivity contribution in [3.8, 4) is 11.5 Å². The molecule has 0 unspecified atom stereocenters. The Bertz CT molecular complexity index is 643. The van der Waals surface area contributed by atoms with Crippen molar-refractivity contribution in [1.29, 1.82) is 0 Å². The van der Waals surface area contributed by atoms with Gasteiger partial charge in [-0.25, -0.2) is 4.79 Å². The molecule has 2 aliphatic carbocycles. The molecule has 4 rings (SSSR count). The van der Waals surface area contributed by atoms with Crippen molar-refractivity contribution >= 4 is 17.7 Å². The van der Waals surface area contributed by atoms with Crippen molar-refractivity contribution in [2.75, 3.05) is 13.2 Å². The van der Waals surface area contributed by atoms with Crippen molar-refractivity contribution in [3.05, 3.63) is 22.7 Å². The second-order valence-corrected chi connectivity index (χ2v) is 6.85. The number of fused-ring (bicyclic) bond motifs is 1. The average Bonchev–Trinajstić information content (AvgIpc) is 3.22. The van der Waals surface area contributed by atoms with Crippen LogP contribution < -0.4 is 9.47 Å². The summed E-state index contributed by atoms with van der Waals surface area (Å²) in [6, 6.07) is 3.70. The molecule has 21 heavy (non-hydrogen) atoms. The quantitative estimate of drug-likeness (QED) is 0.619. The SMILES string of the molecule is O=C=NC1(c2cc3c(cc2Cl)OCC2(CC2)CO3)CCC1. The molecule has 0 saturated heterocycles. The van der Waals surface area contributed by atoms with Gasteiger partial charge in [0.1, 0.15) is 0 Å². The molecule has 110 valence electrons. The Morgan fingerprint density at radius 1 is 1.10 bits per heavy atom. The summed E-state index contributed by atoms with van der Waals surface area (Å²) in [6.07, 6.45) is 6.69. The summed E-state index contributed by atoms with van der Waals surface area (Å²) in [4.78, 5) is 14.8. The number of rotatable bonds is 2. The zero-order chi connectivity index (χ0) is 14.5. The number of aliphatic imine (C=N–C) groups is 1. The highest BCUT2D eigenvalue weighted by molar-refractivity contribution is 6.31. The van der Waals surface area contributed by atoms with Gasteiger partial charge >= 0.3 is 0 Å². The summed E-state index contributed by atoms with van der Waals surface area (Å²) in [5.41, 5.74) is 0.537. The van der Waals surface area contributed by atoms with E-state index < -0.39 is 5.54 Å². The molecule has 0 aromatic heterocycles. The maximum absolute atomic E-state index is 10.7. The highest BCUT2D eigenvalue weighted by Crippen LogP contribution is 2.52. The van der Waals surface area contributed by atoms with Crippen LogP contribution in [0.15, 0.2) is 17.1 Å². The van der Waals surface area contributed by atoms with Crippen LogP contribution in [-0.2, 0) is 10.3 Å². The van der Waals surface area contributed by atoms with Crippen LogP contribution in [-0.4, -0.2) is 19.3 Å². The van der Waals surface area contributed by atoms with E-state index in [0.29, 0.717) is 29.7 Å². The van der Waals surface area contributed by atoms with Gasteiger partial charge in [0.15, 0.2) is 11.5 Å². The molecule has 4 nitrogen and oxygen atoms in total. The Balaban J connectivity index is 1.74. The van der Waals surface area contributed by atoms with Gasteiger partial charge < -0.3 is 9.47 Å². The van der Waals surface area contributed by atoms with Gasteiger partial charge in [0.25, 0.3) is 0 Å². The summed E-state index contributed by atoms with van der Waals surface area (Å²) >= 11 is 6.41. The standard InChI is InChI=1S/C16H16ClNO3/c17-12-7-14-13(20-8-15(4-5-15)9-21-14)6-11(12)16(18-10-19)2-1-3-16/h6-7H,1-5,8-9H2. The maximum Gasteiger partial charge on any atom is 0.235 e. The maximum atomic E-state index is 10.7. The number of carbonyl (C=O) groups excluding carboxylic acids is 1. The molecule has 2 fully saturated rings. The fourth-order valence-electron chi connectivity index (χ4n) is 3.13. The van der Waals surface area contributed by atoms with E-state index in [2.05, 4.69) is 4.99 Å². The third kappa shape index (κ3) is 2.05. The molecule has 3 aliphatic rings. The van der Waals surface area contributed by atoms with Crippen LogP contribution in [0.2, 0.25) is 5.02 Å². The molecular weight excluding hydrogens is 290 g/mol. The zero-order valence-electron chi connectivity index (χ0n) is 11.7. The van der Waals surface area contributed by atoms with Crippen LogP contribution >= 0.6 is 11.6 Å². The van der Waals surface area contributed by atoms with E-state index >= 15 is 0 Å². The van der Waals surface area contributed by atoms with Gasteiger partial charge in [-0.05, 0) is 38.2 Å². The van der Waals surface area contributed by atoms with Gasteiger partial charge in [0, 0.05) is 17.0 Å². The normalized spacial score (nSPS) is 23.7. The second-order valence-electron chi connectivity index (χ2n) is 6.44. The van der Waals surface area contributed by atoms with Crippen LogP contribution in [0, 0.1) is 5.41 Å². The van der Waals surface area contributed by atoms with E-state index in [4.69, 9.17) is 21.1 Å². The Morgan fingerprint density at radius 2 is 1.76 bits per heavy atom. The highest BCUT2D eigenvalue weighted by atomic mass is 35.5. The summed E-state index contributed by atoms with van der Waals surface area (Å²) in [7, 11) is 0. The Hall–Kier alpha value is -1.51. The monoisotopic (exact) mass is 305 g/mol. The van der Waals surface area contributed by atoms with E-state index in [1.165, 1.54) is 0 Å². The number of nitrogens with zero attached hydrogens (tertiary/aromatic N) is 1. The van der Waals surface area contributed by atoms with Crippen molar-refractivity contribution < 1.29 is 14.3 Å². The van der Waals surface area contributed by atoms with Gasteiger partial charge in [-0.15, -0.1) is 0 Å². The molecule has 1 aromatic carbocycles. The molecule has 1 spiro atoms. The van der Waals surface area contributed by atoms with Gasteiger partial charge in [-0.3, -0.25) is 0 Å². The van der Waals surface area contributed by atoms with Crippen LogP contribution in [0.5, 0.6) is 11.5 Å². The fourth-order valence-corrected chi connectivity index (χ4v) is 3.46. The number of hydrogen-bond acceptors (Lipinski definition) is 4. The number of isocyanates is 1. The third-order valence-corrected chi connectivity index (χ3v) is 5.31. The Kier molecular flexibility index (Phi) is 2.82. The third-order valence-electron chi connectivity index (χ3n) is 5.00. The largest absolute Gasteiger partial charge is 0.489 e. The minimum absolute atomic E-state index is 0.195. The van der Waals surface area contributed by atoms with Gasteiger partial charge in [0.05, 0.1) is 23.8 Å². The van der Waals surface area contributed by atoms with E-state index in [1.807, 2.05) is 6.07 Å². The van der Waals surface area contributed by atoms with Crippen molar-refractivity contribution in [3.63, 3.8) is 0 Å². The first-order valence-electron chi connectivity index (χ1n) is 7.35. The molecule has 0 N–H and O–H groups in total. The Morgan fingerprint density at radius 3 is 2.29 bits per heavy atom. The van der Waals surface area contributed by atoms with Crippen LogP contribution in [0.4, 0.5) is 0 Å². The molecule has 1 heterocycles. The fraction of sp³-hybridized carbons (Fsp3) is 0.562. The highest BCUT2D eigenvalue weighted by Gasteiger charge is 2.47.